The summed E-state index contributed by atoms with van der Waals surface area (Å²) in [5, 5.41) is 9.19. The first-order valence-corrected chi connectivity index (χ1v) is 7.15. The number of halogens is 1. The molecule has 21 heavy (non-hydrogen) atoms. The topological polar surface area (TPSA) is 67.5 Å². The van der Waals surface area contributed by atoms with Crippen molar-refractivity contribution in [2.75, 3.05) is 0 Å². The van der Waals surface area contributed by atoms with Gasteiger partial charge in [-0.15, -0.1) is 0 Å². The molecular formula is C15H12BrN3O2. The third kappa shape index (κ3) is 2.54. The summed E-state index contributed by atoms with van der Waals surface area (Å²) in [6, 6.07) is 5.62. The fourth-order valence-electron chi connectivity index (χ4n) is 2.37. The first-order chi connectivity index (χ1) is 10.1. The summed E-state index contributed by atoms with van der Waals surface area (Å²) < 4.78 is 2.72. The van der Waals surface area contributed by atoms with Crippen LogP contribution in [0.5, 0.6) is 0 Å². The van der Waals surface area contributed by atoms with E-state index in [0.717, 1.165) is 21.2 Å². The summed E-state index contributed by atoms with van der Waals surface area (Å²) in [4.78, 5) is 19.8. The van der Waals surface area contributed by atoms with E-state index < -0.39 is 5.97 Å². The molecule has 0 aromatic carbocycles. The smallest absolute Gasteiger partial charge is 0.309 e. The summed E-state index contributed by atoms with van der Waals surface area (Å²) in [6.07, 6.45) is 5.10. The van der Waals surface area contributed by atoms with Gasteiger partial charge in [0.15, 0.2) is 0 Å². The van der Waals surface area contributed by atoms with Gasteiger partial charge in [0.25, 0.3) is 0 Å². The average Bonchev–Trinajstić information content (AvgIpc) is 2.78. The monoisotopic (exact) mass is 345 g/mol. The Morgan fingerprint density at radius 1 is 1.38 bits per heavy atom. The molecule has 3 aromatic heterocycles. The van der Waals surface area contributed by atoms with Gasteiger partial charge in [0.1, 0.15) is 5.65 Å². The second-order valence-electron chi connectivity index (χ2n) is 4.75. The predicted molar refractivity (Wildman–Crippen MR) is 82.2 cm³/mol. The number of rotatable bonds is 3. The van der Waals surface area contributed by atoms with E-state index in [1.807, 2.05) is 35.7 Å². The lowest BCUT2D eigenvalue weighted by Gasteiger charge is -2.04. The van der Waals surface area contributed by atoms with Gasteiger partial charge in [-0.25, -0.2) is 4.98 Å². The molecule has 6 heteroatoms. The van der Waals surface area contributed by atoms with Crippen molar-refractivity contribution in [3.63, 3.8) is 0 Å². The van der Waals surface area contributed by atoms with E-state index in [2.05, 4.69) is 25.9 Å². The fourth-order valence-corrected chi connectivity index (χ4v) is 2.92. The summed E-state index contributed by atoms with van der Waals surface area (Å²) in [5.41, 5.74) is 3.95. The zero-order valence-corrected chi connectivity index (χ0v) is 12.8. The highest BCUT2D eigenvalue weighted by Gasteiger charge is 2.18. The number of fused-ring (bicyclic) bond motifs is 1. The van der Waals surface area contributed by atoms with Crippen molar-refractivity contribution in [3.05, 3.63) is 52.5 Å². The second-order valence-corrected chi connectivity index (χ2v) is 5.66. The molecule has 0 radical (unpaired) electrons. The van der Waals surface area contributed by atoms with Crippen molar-refractivity contribution in [2.24, 2.45) is 0 Å². The minimum absolute atomic E-state index is 0.0886. The van der Waals surface area contributed by atoms with Gasteiger partial charge in [0.2, 0.25) is 0 Å². The average molecular weight is 346 g/mol. The van der Waals surface area contributed by atoms with Crippen LogP contribution >= 0.6 is 15.9 Å². The van der Waals surface area contributed by atoms with Crippen molar-refractivity contribution in [1.29, 1.82) is 0 Å². The molecule has 0 aliphatic carbocycles. The third-order valence-electron chi connectivity index (χ3n) is 3.24. The molecule has 3 aromatic rings. The van der Waals surface area contributed by atoms with Crippen LogP contribution in [0.15, 0.2) is 41.3 Å². The Morgan fingerprint density at radius 2 is 2.10 bits per heavy atom. The van der Waals surface area contributed by atoms with Crippen molar-refractivity contribution in [3.8, 4) is 11.3 Å². The molecule has 0 atom stereocenters. The number of pyridine rings is 2. The molecule has 1 N–H and O–H groups in total. The van der Waals surface area contributed by atoms with Gasteiger partial charge in [-0.2, -0.15) is 0 Å². The first-order valence-electron chi connectivity index (χ1n) is 6.35. The van der Waals surface area contributed by atoms with Crippen LogP contribution in [0.2, 0.25) is 0 Å². The summed E-state index contributed by atoms with van der Waals surface area (Å²) in [6.45, 7) is 1.95. The van der Waals surface area contributed by atoms with Crippen molar-refractivity contribution in [1.82, 2.24) is 14.4 Å². The molecule has 3 rings (SSSR count). The van der Waals surface area contributed by atoms with E-state index in [1.165, 1.54) is 0 Å². The molecule has 0 spiro atoms. The number of hydrogen-bond acceptors (Lipinski definition) is 3. The molecule has 0 aliphatic heterocycles. The van der Waals surface area contributed by atoms with Crippen LogP contribution in [-0.2, 0) is 11.2 Å². The molecule has 0 aliphatic rings. The highest BCUT2D eigenvalue weighted by atomic mass is 79.9. The number of imidazole rings is 1. The summed E-state index contributed by atoms with van der Waals surface area (Å²) in [5.74, 6) is -0.885. The lowest BCUT2D eigenvalue weighted by atomic mass is 10.1. The van der Waals surface area contributed by atoms with Crippen molar-refractivity contribution in [2.45, 2.75) is 13.3 Å². The molecule has 0 fully saturated rings. The largest absolute Gasteiger partial charge is 0.481 e. The van der Waals surface area contributed by atoms with Crippen LogP contribution in [0.3, 0.4) is 0 Å². The Kier molecular flexibility index (Phi) is 3.47. The third-order valence-corrected chi connectivity index (χ3v) is 3.68. The zero-order valence-electron chi connectivity index (χ0n) is 11.2. The quantitative estimate of drug-likeness (QED) is 0.791. The molecule has 0 saturated heterocycles. The number of carboxylic acids is 1. The number of aryl methyl sites for hydroxylation is 1. The van der Waals surface area contributed by atoms with Crippen LogP contribution < -0.4 is 0 Å². The van der Waals surface area contributed by atoms with Gasteiger partial charge in [-0.3, -0.25) is 9.78 Å². The number of nitrogens with zero attached hydrogens (tertiary/aromatic N) is 3. The second kappa shape index (κ2) is 5.29. The molecule has 0 unspecified atom stereocenters. The molecular weight excluding hydrogens is 334 g/mol. The van der Waals surface area contributed by atoms with Gasteiger partial charge in [-0.1, -0.05) is 0 Å². The Bertz CT molecular complexity index is 828. The maximum atomic E-state index is 11.2. The SMILES string of the molecule is Cc1cc(Br)cn2c(CC(=O)O)c(-c3ccncc3)nc12. The van der Waals surface area contributed by atoms with Crippen LogP contribution in [-0.4, -0.2) is 25.4 Å². The predicted octanol–water partition coefficient (Wildman–Crippen LogP) is 3.09. The summed E-state index contributed by atoms with van der Waals surface area (Å²) >= 11 is 3.44. The van der Waals surface area contributed by atoms with Crippen molar-refractivity contribution < 1.29 is 9.90 Å². The van der Waals surface area contributed by atoms with E-state index in [0.29, 0.717) is 11.4 Å². The Labute approximate surface area is 129 Å². The van der Waals surface area contributed by atoms with Gasteiger partial charge in [0.05, 0.1) is 17.8 Å². The van der Waals surface area contributed by atoms with E-state index in [4.69, 9.17) is 0 Å². The van der Waals surface area contributed by atoms with Gasteiger partial charge in [-0.05, 0) is 46.6 Å². The van der Waals surface area contributed by atoms with E-state index in [9.17, 15) is 9.90 Å². The van der Waals surface area contributed by atoms with E-state index in [-0.39, 0.29) is 6.42 Å². The maximum Gasteiger partial charge on any atom is 0.309 e. The number of aromatic nitrogens is 3. The number of carboxylic acid groups (broad SMARTS) is 1. The zero-order chi connectivity index (χ0) is 15.0. The number of carbonyl (C=O) groups is 1. The normalized spacial score (nSPS) is 11.0. The Hall–Kier alpha value is -2.21. The molecule has 0 bridgehead atoms. The fraction of sp³-hybridized carbons (Fsp3) is 0.133. The summed E-state index contributed by atoms with van der Waals surface area (Å²) in [7, 11) is 0. The molecule has 3 heterocycles. The van der Waals surface area contributed by atoms with Gasteiger partial charge >= 0.3 is 5.97 Å². The maximum absolute atomic E-state index is 11.2. The lowest BCUT2D eigenvalue weighted by Crippen LogP contribution is -2.05. The molecule has 0 saturated carbocycles. The van der Waals surface area contributed by atoms with Crippen LogP contribution in [0.1, 0.15) is 11.3 Å². The highest BCUT2D eigenvalue weighted by molar-refractivity contribution is 9.10. The minimum Gasteiger partial charge on any atom is -0.481 e. The van der Waals surface area contributed by atoms with E-state index in [1.54, 1.807) is 12.4 Å². The minimum atomic E-state index is -0.885. The first kappa shape index (κ1) is 13.8. The van der Waals surface area contributed by atoms with Gasteiger partial charge < -0.3 is 9.51 Å². The van der Waals surface area contributed by atoms with Crippen LogP contribution in [0.25, 0.3) is 16.9 Å². The molecule has 5 nitrogen and oxygen atoms in total. The molecule has 0 amide bonds. The Morgan fingerprint density at radius 3 is 2.76 bits per heavy atom. The number of aliphatic carboxylic acids is 1. The van der Waals surface area contributed by atoms with Crippen molar-refractivity contribution >= 4 is 27.5 Å². The standard InChI is InChI=1S/C15H12BrN3O2/c1-9-6-11(16)8-19-12(7-13(20)21)14(18-15(9)19)10-2-4-17-5-3-10/h2-6,8H,7H2,1H3,(H,20,21). The van der Waals surface area contributed by atoms with E-state index >= 15 is 0 Å². The van der Waals surface area contributed by atoms with Crippen LogP contribution in [0, 0.1) is 6.92 Å². The molecule has 106 valence electrons. The lowest BCUT2D eigenvalue weighted by molar-refractivity contribution is -0.136. The van der Waals surface area contributed by atoms with Crippen LogP contribution in [0.4, 0.5) is 0 Å². The highest BCUT2D eigenvalue weighted by Crippen LogP contribution is 2.27. The Balaban J connectivity index is 2.33. The van der Waals surface area contributed by atoms with Gasteiger partial charge in [0, 0.05) is 28.6 Å². The number of hydrogen-bond donors (Lipinski definition) is 1.